The van der Waals surface area contributed by atoms with E-state index in [4.69, 9.17) is 9.47 Å². The Labute approximate surface area is 260 Å². The quantitative estimate of drug-likeness (QED) is 0.0813. The molecule has 228 valence electrons. The number of rotatable bonds is 16. The summed E-state index contributed by atoms with van der Waals surface area (Å²) in [5.74, 6) is -0.241. The van der Waals surface area contributed by atoms with Crippen molar-refractivity contribution < 1.29 is 24.2 Å². The van der Waals surface area contributed by atoms with Gasteiger partial charge in [-0.05, 0) is 78.2 Å². The Morgan fingerprint density at radius 2 is 1.48 bits per heavy atom. The van der Waals surface area contributed by atoms with Gasteiger partial charge in [-0.2, -0.15) is 0 Å². The molecule has 0 saturated carbocycles. The molecule has 0 aliphatic heterocycles. The summed E-state index contributed by atoms with van der Waals surface area (Å²) in [6, 6.07) is 32.3. The third-order valence-electron chi connectivity index (χ3n) is 7.57. The smallest absolute Gasteiger partial charge is 0.335 e. The van der Waals surface area contributed by atoms with Gasteiger partial charge in [0.05, 0.1) is 12.7 Å². The molecule has 0 aliphatic carbocycles. The molecule has 0 heterocycles. The highest BCUT2D eigenvalue weighted by atomic mass is 16.5. The summed E-state index contributed by atoms with van der Waals surface area (Å²) in [4.78, 5) is 25.4. The number of nitrogens with zero attached hydrogens (tertiary/aromatic N) is 1. The van der Waals surface area contributed by atoms with Gasteiger partial charge in [-0.15, -0.1) is 0 Å². The van der Waals surface area contributed by atoms with Crippen molar-refractivity contribution >= 4 is 24.1 Å². The molecule has 0 amide bonds. The molecule has 6 nitrogen and oxygen atoms in total. The van der Waals surface area contributed by atoms with Crippen LogP contribution in [-0.2, 0) is 29.1 Å². The highest BCUT2D eigenvalue weighted by molar-refractivity contribution is 5.89. The number of carboxylic acids is 1. The van der Waals surface area contributed by atoms with E-state index < -0.39 is 5.97 Å². The van der Waals surface area contributed by atoms with Crippen LogP contribution in [0.15, 0.2) is 97.1 Å². The second-order valence-electron chi connectivity index (χ2n) is 10.9. The molecule has 0 aromatic heterocycles. The molecule has 0 saturated heterocycles. The molecule has 1 N–H and O–H groups in total. The summed E-state index contributed by atoms with van der Waals surface area (Å²) in [5.41, 5.74) is 6.67. The summed E-state index contributed by atoms with van der Waals surface area (Å²) in [6.07, 6.45) is 7.02. The monoisotopic (exact) mass is 591 g/mol. The zero-order valence-electron chi connectivity index (χ0n) is 25.6. The predicted octanol–water partition coefficient (Wildman–Crippen LogP) is 7.83. The second-order valence-corrected chi connectivity index (χ2v) is 10.9. The fourth-order valence-corrected chi connectivity index (χ4v) is 5.07. The molecule has 0 spiro atoms. The molecule has 6 heteroatoms. The van der Waals surface area contributed by atoms with Crippen LogP contribution in [0, 0.1) is 6.92 Å². The topological polar surface area (TPSA) is 76.1 Å². The number of unbranched alkanes of at least 4 members (excludes halogenated alkanes) is 1. The lowest BCUT2D eigenvalue weighted by molar-refractivity contribution is -0.140. The van der Waals surface area contributed by atoms with Gasteiger partial charge in [-0.1, -0.05) is 97.1 Å². The first-order valence-electron chi connectivity index (χ1n) is 15.1. The number of hydrogen-bond acceptors (Lipinski definition) is 5. The van der Waals surface area contributed by atoms with E-state index in [1.54, 1.807) is 6.07 Å². The maximum Gasteiger partial charge on any atom is 0.335 e. The molecule has 0 aliphatic rings. The minimum absolute atomic E-state index is 0.194. The van der Waals surface area contributed by atoms with E-state index >= 15 is 0 Å². The molecule has 4 aromatic rings. The van der Waals surface area contributed by atoms with Gasteiger partial charge < -0.3 is 14.6 Å². The summed E-state index contributed by atoms with van der Waals surface area (Å²) in [6.45, 7) is 4.60. The third-order valence-corrected chi connectivity index (χ3v) is 7.57. The number of para-hydroxylation sites is 1. The molecule has 0 radical (unpaired) electrons. The fraction of sp³-hybridized carbons (Fsp3) is 0.263. The van der Waals surface area contributed by atoms with Crippen molar-refractivity contribution in [1.82, 2.24) is 4.90 Å². The number of aromatic carboxylic acids is 1. The summed E-state index contributed by atoms with van der Waals surface area (Å²) in [5, 5.41) is 9.41. The van der Waals surface area contributed by atoms with Crippen LogP contribution in [0.25, 0.3) is 12.2 Å². The van der Waals surface area contributed by atoms with Gasteiger partial charge >= 0.3 is 11.9 Å². The van der Waals surface area contributed by atoms with Gasteiger partial charge in [-0.25, -0.2) is 4.79 Å². The minimum atomic E-state index is -0.916. The van der Waals surface area contributed by atoms with Crippen LogP contribution in [0.3, 0.4) is 0 Å². The average molecular weight is 592 g/mol. The lowest BCUT2D eigenvalue weighted by atomic mass is 10.0. The van der Waals surface area contributed by atoms with Gasteiger partial charge in [0.2, 0.25) is 0 Å². The third kappa shape index (κ3) is 10.2. The van der Waals surface area contributed by atoms with Crippen LogP contribution >= 0.6 is 0 Å². The lowest BCUT2D eigenvalue weighted by Crippen LogP contribution is -2.27. The predicted molar refractivity (Wildman–Crippen MR) is 176 cm³/mol. The van der Waals surface area contributed by atoms with Crippen molar-refractivity contribution in [1.29, 1.82) is 0 Å². The number of ether oxygens (including phenoxy) is 2. The van der Waals surface area contributed by atoms with E-state index in [1.807, 2.05) is 55.5 Å². The van der Waals surface area contributed by atoms with Crippen LogP contribution in [-0.4, -0.2) is 42.1 Å². The zero-order valence-corrected chi connectivity index (χ0v) is 25.6. The first-order chi connectivity index (χ1) is 21.4. The SMILES string of the molecule is COC(=O)CCCCN(CCc1ccccc1OCc1ccc(C=Cc2ccccc2)cc1)Cc1ccc(C(=O)O)c(C)c1. The summed E-state index contributed by atoms with van der Waals surface area (Å²) in [7, 11) is 1.41. The summed E-state index contributed by atoms with van der Waals surface area (Å²) >= 11 is 0. The number of methoxy groups -OCH3 is 1. The van der Waals surface area contributed by atoms with Gasteiger partial charge in [-0.3, -0.25) is 9.69 Å². The highest BCUT2D eigenvalue weighted by Gasteiger charge is 2.13. The number of carbonyl (C=O) groups excluding carboxylic acids is 1. The molecular formula is C38H41NO5. The van der Waals surface area contributed by atoms with Crippen LogP contribution < -0.4 is 4.74 Å². The first-order valence-corrected chi connectivity index (χ1v) is 15.1. The van der Waals surface area contributed by atoms with Crippen molar-refractivity contribution in [2.45, 2.75) is 45.8 Å². The number of aryl methyl sites for hydroxylation is 1. The standard InChI is InChI=1S/C38H41NO5/c1-29-26-33(21-22-35(29)38(41)42)27-39(24-9-8-14-37(40)43-2)25-23-34-12-6-7-13-36(34)44-28-32-19-17-31(18-20-32)16-15-30-10-4-3-5-11-30/h3-7,10-13,15-22,26H,8-9,14,23-25,27-28H2,1-2H3,(H,41,42). The van der Waals surface area contributed by atoms with Gasteiger partial charge in [0.1, 0.15) is 12.4 Å². The van der Waals surface area contributed by atoms with Crippen molar-refractivity contribution in [3.63, 3.8) is 0 Å². The molecule has 4 aromatic carbocycles. The van der Waals surface area contributed by atoms with Gasteiger partial charge in [0.15, 0.2) is 0 Å². The number of esters is 1. The molecule has 0 bridgehead atoms. The van der Waals surface area contributed by atoms with Crippen LogP contribution in [0.5, 0.6) is 5.75 Å². The van der Waals surface area contributed by atoms with Crippen LogP contribution in [0.4, 0.5) is 0 Å². The highest BCUT2D eigenvalue weighted by Crippen LogP contribution is 2.22. The Morgan fingerprint density at radius 3 is 2.18 bits per heavy atom. The molecule has 0 fully saturated rings. The Bertz CT molecular complexity index is 1530. The second kappa shape index (κ2) is 16.8. The Balaban J connectivity index is 1.37. The normalized spacial score (nSPS) is 11.2. The van der Waals surface area contributed by atoms with Crippen molar-refractivity contribution in [2.75, 3.05) is 20.2 Å². The fourth-order valence-electron chi connectivity index (χ4n) is 5.07. The number of hydrogen-bond donors (Lipinski definition) is 1. The zero-order chi connectivity index (χ0) is 31.1. The molecule has 0 unspecified atom stereocenters. The van der Waals surface area contributed by atoms with Crippen molar-refractivity contribution in [2.24, 2.45) is 0 Å². The number of carboxylic acid groups (broad SMARTS) is 1. The van der Waals surface area contributed by atoms with E-state index in [1.165, 1.54) is 12.7 Å². The molecule has 44 heavy (non-hydrogen) atoms. The Hall–Kier alpha value is -4.68. The van der Waals surface area contributed by atoms with E-state index in [-0.39, 0.29) is 5.97 Å². The van der Waals surface area contributed by atoms with Crippen LogP contribution in [0.1, 0.15) is 63.0 Å². The summed E-state index contributed by atoms with van der Waals surface area (Å²) < 4.78 is 11.1. The molecule has 4 rings (SSSR count). The largest absolute Gasteiger partial charge is 0.489 e. The molecule has 0 atom stereocenters. The van der Waals surface area contributed by atoms with E-state index in [0.717, 1.165) is 65.9 Å². The minimum Gasteiger partial charge on any atom is -0.489 e. The van der Waals surface area contributed by atoms with E-state index in [9.17, 15) is 14.7 Å². The Morgan fingerprint density at radius 1 is 0.795 bits per heavy atom. The number of benzene rings is 4. The average Bonchev–Trinajstić information content (AvgIpc) is 3.04. The van der Waals surface area contributed by atoms with Gasteiger partial charge in [0, 0.05) is 19.5 Å². The van der Waals surface area contributed by atoms with Gasteiger partial charge in [0.25, 0.3) is 0 Å². The van der Waals surface area contributed by atoms with Crippen molar-refractivity contribution in [3.05, 3.63) is 136 Å². The van der Waals surface area contributed by atoms with Crippen LogP contribution in [0.2, 0.25) is 0 Å². The maximum absolute atomic E-state index is 11.6. The van der Waals surface area contributed by atoms with E-state index in [2.05, 4.69) is 59.5 Å². The van der Waals surface area contributed by atoms with E-state index in [0.29, 0.717) is 25.1 Å². The number of carbonyl (C=O) groups is 2. The first kappa shape index (κ1) is 32.2. The maximum atomic E-state index is 11.6. The Kier molecular flexibility index (Phi) is 12.3. The van der Waals surface area contributed by atoms with Crippen molar-refractivity contribution in [3.8, 4) is 5.75 Å². The molecular weight excluding hydrogens is 550 g/mol. The lowest BCUT2D eigenvalue weighted by Gasteiger charge is -2.23.